The van der Waals surface area contributed by atoms with Crippen LogP contribution in [-0.2, 0) is 6.54 Å². The van der Waals surface area contributed by atoms with Crippen molar-refractivity contribution in [3.05, 3.63) is 29.3 Å². The van der Waals surface area contributed by atoms with Gasteiger partial charge in [-0.3, -0.25) is 4.90 Å². The summed E-state index contributed by atoms with van der Waals surface area (Å²) in [6.07, 6.45) is 2.44. The molecule has 1 heterocycles. The first-order chi connectivity index (χ1) is 8.58. The van der Waals surface area contributed by atoms with Gasteiger partial charge < -0.3 is 10.0 Å². The predicted molar refractivity (Wildman–Crippen MR) is 74.8 cm³/mol. The van der Waals surface area contributed by atoms with Crippen LogP contribution >= 0.6 is 0 Å². The van der Waals surface area contributed by atoms with Crippen LogP contribution in [0.2, 0.25) is 0 Å². The molecule has 1 N–H and O–H groups in total. The Hall–Kier alpha value is -1.06. The summed E-state index contributed by atoms with van der Waals surface area (Å²) in [6, 6.07) is 6.72. The first kappa shape index (κ1) is 13.4. The van der Waals surface area contributed by atoms with Gasteiger partial charge in [0.15, 0.2) is 0 Å². The molecule has 1 saturated heterocycles. The molecule has 3 nitrogen and oxygen atoms in total. The Morgan fingerprint density at radius 2 is 1.94 bits per heavy atom. The van der Waals surface area contributed by atoms with Crippen LogP contribution in [0.15, 0.2) is 18.2 Å². The summed E-state index contributed by atoms with van der Waals surface area (Å²) in [5, 5.41) is 10.0. The number of hydrogen-bond donors (Lipinski definition) is 1. The van der Waals surface area contributed by atoms with E-state index >= 15 is 0 Å². The quantitative estimate of drug-likeness (QED) is 0.888. The van der Waals surface area contributed by atoms with Crippen LogP contribution in [0.5, 0.6) is 5.75 Å². The van der Waals surface area contributed by atoms with Gasteiger partial charge in [0.25, 0.3) is 0 Å². The van der Waals surface area contributed by atoms with Crippen LogP contribution in [-0.4, -0.2) is 48.1 Å². The lowest BCUT2D eigenvalue weighted by atomic mass is 10.0. The maximum atomic E-state index is 10.0. The number of piperidine rings is 1. The van der Waals surface area contributed by atoms with E-state index in [9.17, 15) is 5.11 Å². The largest absolute Gasteiger partial charge is 0.507 e. The zero-order valence-electron chi connectivity index (χ0n) is 11.7. The predicted octanol–water partition coefficient (Wildman–Crippen LogP) is 2.23. The fraction of sp³-hybridized carbons (Fsp3) is 0.600. The highest BCUT2D eigenvalue weighted by molar-refractivity contribution is 5.39. The van der Waals surface area contributed by atoms with E-state index in [1.807, 2.05) is 25.1 Å². The maximum Gasteiger partial charge on any atom is 0.122 e. The summed E-state index contributed by atoms with van der Waals surface area (Å²) in [4.78, 5) is 4.76. The van der Waals surface area contributed by atoms with Crippen molar-refractivity contribution in [1.82, 2.24) is 9.80 Å². The summed E-state index contributed by atoms with van der Waals surface area (Å²) in [7, 11) is 4.32. The smallest absolute Gasteiger partial charge is 0.122 e. The number of aryl methyl sites for hydroxylation is 1. The summed E-state index contributed by atoms with van der Waals surface area (Å²) in [6.45, 7) is 5.07. The van der Waals surface area contributed by atoms with E-state index in [1.54, 1.807) is 0 Å². The molecular formula is C15H24N2O. The van der Waals surface area contributed by atoms with Gasteiger partial charge in [-0.15, -0.1) is 0 Å². The number of aromatic hydroxyl groups is 1. The van der Waals surface area contributed by atoms with Crippen molar-refractivity contribution < 1.29 is 5.11 Å². The molecule has 0 unspecified atom stereocenters. The molecular weight excluding hydrogens is 224 g/mol. The van der Waals surface area contributed by atoms with Gasteiger partial charge in [0.05, 0.1) is 0 Å². The summed E-state index contributed by atoms with van der Waals surface area (Å²) < 4.78 is 0. The summed E-state index contributed by atoms with van der Waals surface area (Å²) in [5.74, 6) is 0.465. The Morgan fingerprint density at radius 1 is 1.28 bits per heavy atom. The number of benzene rings is 1. The third-order valence-corrected chi connectivity index (χ3v) is 4.00. The lowest BCUT2D eigenvalue weighted by Gasteiger charge is -2.35. The molecule has 1 aliphatic heterocycles. The number of hydrogen-bond acceptors (Lipinski definition) is 3. The topological polar surface area (TPSA) is 26.7 Å². The van der Waals surface area contributed by atoms with Crippen molar-refractivity contribution in [2.45, 2.75) is 32.4 Å². The van der Waals surface area contributed by atoms with Crippen LogP contribution in [0.1, 0.15) is 24.0 Å². The fourth-order valence-electron chi connectivity index (χ4n) is 2.68. The van der Waals surface area contributed by atoms with Crippen molar-refractivity contribution in [3.8, 4) is 5.75 Å². The minimum Gasteiger partial charge on any atom is -0.507 e. The molecule has 0 atom stereocenters. The Labute approximate surface area is 110 Å². The third kappa shape index (κ3) is 3.03. The molecule has 1 aromatic rings. The monoisotopic (exact) mass is 248 g/mol. The van der Waals surface area contributed by atoms with Crippen molar-refractivity contribution in [1.29, 1.82) is 0 Å². The minimum atomic E-state index is 0.465. The van der Waals surface area contributed by atoms with Crippen LogP contribution in [0.3, 0.4) is 0 Å². The van der Waals surface area contributed by atoms with Crippen LogP contribution in [0.25, 0.3) is 0 Å². The summed E-state index contributed by atoms with van der Waals surface area (Å²) >= 11 is 0. The molecule has 0 aliphatic carbocycles. The second-order valence-corrected chi connectivity index (χ2v) is 5.55. The highest BCUT2D eigenvalue weighted by Gasteiger charge is 2.21. The molecule has 0 radical (unpaired) electrons. The molecule has 1 aliphatic rings. The standard InChI is InChI=1S/C15H24N2O/c1-12-5-4-6-13(15(12)18)11-17-9-7-14(8-10-17)16(2)3/h4-6,14,18H,7-11H2,1-3H3. The number of para-hydroxylation sites is 1. The van der Waals surface area contributed by atoms with Crippen LogP contribution < -0.4 is 0 Å². The van der Waals surface area contributed by atoms with Gasteiger partial charge in [-0.05, 0) is 52.5 Å². The minimum absolute atomic E-state index is 0.465. The Kier molecular flexibility index (Phi) is 4.25. The van der Waals surface area contributed by atoms with Crippen LogP contribution in [0, 0.1) is 6.92 Å². The highest BCUT2D eigenvalue weighted by Crippen LogP contribution is 2.24. The van der Waals surface area contributed by atoms with E-state index in [2.05, 4.69) is 23.9 Å². The van der Waals surface area contributed by atoms with Gasteiger partial charge in [0, 0.05) is 18.2 Å². The highest BCUT2D eigenvalue weighted by atomic mass is 16.3. The van der Waals surface area contributed by atoms with Crippen molar-refractivity contribution in [2.75, 3.05) is 27.2 Å². The number of rotatable bonds is 3. The second kappa shape index (κ2) is 5.72. The molecule has 2 rings (SSSR count). The average molecular weight is 248 g/mol. The van der Waals surface area contributed by atoms with Gasteiger partial charge in [0.2, 0.25) is 0 Å². The molecule has 0 saturated carbocycles. The van der Waals surface area contributed by atoms with Gasteiger partial charge >= 0.3 is 0 Å². The van der Waals surface area contributed by atoms with E-state index in [0.29, 0.717) is 11.8 Å². The molecule has 0 aromatic heterocycles. The van der Waals surface area contributed by atoms with E-state index in [4.69, 9.17) is 0 Å². The molecule has 3 heteroatoms. The zero-order valence-corrected chi connectivity index (χ0v) is 11.7. The van der Waals surface area contributed by atoms with Gasteiger partial charge in [-0.2, -0.15) is 0 Å². The first-order valence-electron chi connectivity index (χ1n) is 6.74. The van der Waals surface area contributed by atoms with Crippen molar-refractivity contribution in [2.24, 2.45) is 0 Å². The fourth-order valence-corrected chi connectivity index (χ4v) is 2.68. The summed E-state index contributed by atoms with van der Waals surface area (Å²) in [5.41, 5.74) is 2.02. The second-order valence-electron chi connectivity index (χ2n) is 5.55. The number of likely N-dealkylation sites (tertiary alicyclic amines) is 1. The Balaban J connectivity index is 1.94. The molecule has 0 bridgehead atoms. The zero-order chi connectivity index (χ0) is 13.1. The van der Waals surface area contributed by atoms with Crippen molar-refractivity contribution >= 4 is 0 Å². The lowest BCUT2D eigenvalue weighted by molar-refractivity contribution is 0.139. The lowest BCUT2D eigenvalue weighted by Crippen LogP contribution is -2.41. The molecule has 0 spiro atoms. The molecule has 1 aromatic carbocycles. The Bertz CT molecular complexity index is 395. The molecule has 1 fully saturated rings. The Morgan fingerprint density at radius 3 is 2.56 bits per heavy atom. The van der Waals surface area contributed by atoms with E-state index in [1.165, 1.54) is 12.8 Å². The number of phenols is 1. The van der Waals surface area contributed by atoms with E-state index in [-0.39, 0.29) is 0 Å². The molecule has 18 heavy (non-hydrogen) atoms. The third-order valence-electron chi connectivity index (χ3n) is 4.00. The molecule has 100 valence electrons. The van der Waals surface area contributed by atoms with E-state index in [0.717, 1.165) is 30.8 Å². The normalized spacial score (nSPS) is 18.4. The first-order valence-corrected chi connectivity index (χ1v) is 6.74. The van der Waals surface area contributed by atoms with Crippen LogP contribution in [0.4, 0.5) is 0 Å². The van der Waals surface area contributed by atoms with E-state index < -0.39 is 0 Å². The van der Waals surface area contributed by atoms with Gasteiger partial charge in [-0.25, -0.2) is 0 Å². The van der Waals surface area contributed by atoms with Gasteiger partial charge in [0.1, 0.15) is 5.75 Å². The van der Waals surface area contributed by atoms with Gasteiger partial charge in [-0.1, -0.05) is 18.2 Å². The molecule has 0 amide bonds. The van der Waals surface area contributed by atoms with Crippen molar-refractivity contribution in [3.63, 3.8) is 0 Å². The number of nitrogens with zero attached hydrogens (tertiary/aromatic N) is 2. The average Bonchev–Trinajstić information content (AvgIpc) is 2.36. The SMILES string of the molecule is Cc1cccc(CN2CCC(N(C)C)CC2)c1O. The number of phenolic OH excluding ortho intramolecular Hbond substituents is 1. The maximum absolute atomic E-state index is 10.0.